The second-order valence-electron chi connectivity index (χ2n) is 5.19. The monoisotopic (exact) mass is 278 g/mol. The molecule has 2 amide bonds. The fraction of sp³-hybridized carbons (Fsp3) is 0.429. The van der Waals surface area contributed by atoms with Crippen molar-refractivity contribution in [2.45, 2.75) is 31.8 Å². The molecule has 1 aromatic carbocycles. The van der Waals surface area contributed by atoms with Crippen molar-refractivity contribution in [1.82, 2.24) is 10.2 Å². The first-order valence-electron chi connectivity index (χ1n) is 6.68. The van der Waals surface area contributed by atoms with Crippen molar-refractivity contribution < 1.29 is 19.1 Å². The SMILES string of the molecule is O=C1NCCCC[C@@H]1N1Cc2c(O)cc(F)cc2C1=O. The summed E-state index contributed by atoms with van der Waals surface area (Å²) in [5.41, 5.74) is 0.549. The van der Waals surface area contributed by atoms with Gasteiger partial charge in [-0.05, 0) is 25.3 Å². The molecule has 0 radical (unpaired) electrons. The zero-order valence-corrected chi connectivity index (χ0v) is 10.9. The first-order valence-corrected chi connectivity index (χ1v) is 6.68. The van der Waals surface area contributed by atoms with Crippen molar-refractivity contribution in [1.29, 1.82) is 0 Å². The first-order chi connectivity index (χ1) is 9.58. The van der Waals surface area contributed by atoms with Gasteiger partial charge >= 0.3 is 0 Å². The van der Waals surface area contributed by atoms with E-state index in [-0.39, 0.29) is 23.8 Å². The van der Waals surface area contributed by atoms with Gasteiger partial charge in [-0.3, -0.25) is 9.59 Å². The highest BCUT2D eigenvalue weighted by Crippen LogP contribution is 2.33. The summed E-state index contributed by atoms with van der Waals surface area (Å²) in [6.45, 7) is 0.766. The van der Waals surface area contributed by atoms with E-state index in [0.717, 1.165) is 25.0 Å². The summed E-state index contributed by atoms with van der Waals surface area (Å²) < 4.78 is 13.3. The smallest absolute Gasteiger partial charge is 0.255 e. The van der Waals surface area contributed by atoms with E-state index in [0.29, 0.717) is 18.5 Å². The van der Waals surface area contributed by atoms with Crippen molar-refractivity contribution in [2.75, 3.05) is 6.54 Å². The minimum Gasteiger partial charge on any atom is -0.507 e. The number of carbonyl (C=O) groups excluding carboxylic acids is 2. The number of phenols is 1. The van der Waals surface area contributed by atoms with E-state index in [1.165, 1.54) is 4.90 Å². The predicted molar refractivity (Wildman–Crippen MR) is 68.6 cm³/mol. The number of amides is 2. The molecule has 2 heterocycles. The lowest BCUT2D eigenvalue weighted by atomic mass is 10.1. The van der Waals surface area contributed by atoms with Crippen LogP contribution in [0.5, 0.6) is 5.75 Å². The van der Waals surface area contributed by atoms with Crippen LogP contribution in [0, 0.1) is 5.82 Å². The molecular weight excluding hydrogens is 263 g/mol. The van der Waals surface area contributed by atoms with Gasteiger partial charge in [0.25, 0.3) is 5.91 Å². The number of carbonyl (C=O) groups is 2. The standard InChI is InChI=1S/C14H15FN2O3/c15-8-5-9-10(12(18)6-8)7-17(14(9)20)11-3-1-2-4-16-13(11)19/h5-6,11,18H,1-4,7H2,(H,16,19)/t11-/m0/s1. The van der Waals surface area contributed by atoms with Crippen LogP contribution in [0.4, 0.5) is 4.39 Å². The zero-order valence-electron chi connectivity index (χ0n) is 10.9. The number of benzene rings is 1. The second kappa shape index (κ2) is 4.77. The summed E-state index contributed by atoms with van der Waals surface area (Å²) in [5, 5.41) is 12.5. The molecule has 0 saturated carbocycles. The van der Waals surface area contributed by atoms with Gasteiger partial charge in [0.1, 0.15) is 17.6 Å². The fourth-order valence-corrected chi connectivity index (χ4v) is 2.85. The Hall–Kier alpha value is -2.11. The molecule has 2 N–H and O–H groups in total. The average molecular weight is 278 g/mol. The van der Waals surface area contributed by atoms with Crippen molar-refractivity contribution in [2.24, 2.45) is 0 Å². The largest absolute Gasteiger partial charge is 0.507 e. The number of nitrogens with one attached hydrogen (secondary N) is 1. The Kier molecular flexibility index (Phi) is 3.08. The van der Waals surface area contributed by atoms with Crippen molar-refractivity contribution >= 4 is 11.8 Å². The summed E-state index contributed by atoms with van der Waals surface area (Å²) in [4.78, 5) is 25.8. The van der Waals surface area contributed by atoms with Crippen molar-refractivity contribution in [3.8, 4) is 5.75 Å². The molecule has 1 atom stereocenters. The molecule has 3 rings (SSSR count). The molecule has 0 aromatic heterocycles. The Morgan fingerprint density at radius 3 is 2.90 bits per heavy atom. The van der Waals surface area contributed by atoms with Crippen molar-refractivity contribution in [3.05, 3.63) is 29.1 Å². The maximum absolute atomic E-state index is 13.3. The summed E-state index contributed by atoms with van der Waals surface area (Å²) in [7, 11) is 0. The van der Waals surface area contributed by atoms with Crippen LogP contribution in [0.1, 0.15) is 35.2 Å². The molecule has 5 nitrogen and oxygen atoms in total. The number of fused-ring (bicyclic) bond motifs is 1. The summed E-state index contributed by atoms with van der Waals surface area (Å²) >= 11 is 0. The third-order valence-electron chi connectivity index (χ3n) is 3.89. The first kappa shape index (κ1) is 12.9. The van der Waals surface area contributed by atoms with E-state index in [1.54, 1.807) is 0 Å². The van der Waals surface area contributed by atoms with Crippen LogP contribution in [0.25, 0.3) is 0 Å². The van der Waals surface area contributed by atoms with Crippen LogP contribution in [0.3, 0.4) is 0 Å². The molecule has 106 valence electrons. The summed E-state index contributed by atoms with van der Waals surface area (Å²) in [6.07, 6.45) is 2.33. The number of hydrogen-bond acceptors (Lipinski definition) is 3. The molecule has 20 heavy (non-hydrogen) atoms. The van der Waals surface area contributed by atoms with Crippen LogP contribution >= 0.6 is 0 Å². The molecule has 1 fully saturated rings. The van der Waals surface area contributed by atoms with Gasteiger partial charge in [0.05, 0.1) is 12.1 Å². The van der Waals surface area contributed by atoms with Gasteiger partial charge in [-0.1, -0.05) is 0 Å². The third-order valence-corrected chi connectivity index (χ3v) is 3.89. The average Bonchev–Trinajstić information content (AvgIpc) is 2.59. The highest BCUT2D eigenvalue weighted by atomic mass is 19.1. The highest BCUT2D eigenvalue weighted by molar-refractivity contribution is 6.01. The number of rotatable bonds is 1. The van der Waals surface area contributed by atoms with E-state index >= 15 is 0 Å². The molecule has 2 aliphatic rings. The number of phenolic OH excluding ortho intramolecular Hbond substituents is 1. The lowest BCUT2D eigenvalue weighted by Crippen LogP contribution is -2.45. The Labute approximate surface area is 115 Å². The number of hydrogen-bond donors (Lipinski definition) is 2. The molecule has 1 saturated heterocycles. The van der Waals surface area contributed by atoms with Gasteiger partial charge in [0.15, 0.2) is 0 Å². The minimum absolute atomic E-state index is 0.151. The molecule has 0 bridgehead atoms. The summed E-state index contributed by atoms with van der Waals surface area (Å²) in [6, 6.07) is 1.56. The number of nitrogens with zero attached hydrogens (tertiary/aromatic N) is 1. The minimum atomic E-state index is -0.651. The number of aromatic hydroxyl groups is 1. The van der Waals surface area contributed by atoms with E-state index in [9.17, 15) is 19.1 Å². The van der Waals surface area contributed by atoms with Crippen molar-refractivity contribution in [3.63, 3.8) is 0 Å². The topological polar surface area (TPSA) is 69.6 Å². The molecule has 0 aliphatic carbocycles. The van der Waals surface area contributed by atoms with E-state index in [4.69, 9.17) is 0 Å². The molecule has 0 spiro atoms. The quantitative estimate of drug-likeness (QED) is 0.809. The van der Waals surface area contributed by atoms with Gasteiger partial charge in [-0.25, -0.2) is 4.39 Å². The molecular formula is C14H15FN2O3. The maximum atomic E-state index is 13.3. The number of halogens is 1. The van der Waals surface area contributed by atoms with Gasteiger partial charge < -0.3 is 15.3 Å². The van der Waals surface area contributed by atoms with Crippen LogP contribution < -0.4 is 5.32 Å². The maximum Gasteiger partial charge on any atom is 0.255 e. The predicted octanol–water partition coefficient (Wildman–Crippen LogP) is 1.16. The molecule has 2 aliphatic heterocycles. The molecule has 0 unspecified atom stereocenters. The lowest BCUT2D eigenvalue weighted by molar-refractivity contribution is -0.125. The van der Waals surface area contributed by atoms with Gasteiger partial charge in [0.2, 0.25) is 5.91 Å². The highest BCUT2D eigenvalue weighted by Gasteiger charge is 2.38. The van der Waals surface area contributed by atoms with E-state index in [2.05, 4.69) is 5.32 Å². The van der Waals surface area contributed by atoms with Gasteiger partial charge in [0, 0.05) is 18.2 Å². The normalized spacial score (nSPS) is 22.4. The lowest BCUT2D eigenvalue weighted by Gasteiger charge is -2.25. The summed E-state index contributed by atoms with van der Waals surface area (Å²) in [5.74, 6) is -1.45. The Morgan fingerprint density at radius 1 is 1.30 bits per heavy atom. The van der Waals surface area contributed by atoms with Gasteiger partial charge in [-0.2, -0.15) is 0 Å². The van der Waals surface area contributed by atoms with Crippen LogP contribution in [-0.2, 0) is 11.3 Å². The third kappa shape index (κ3) is 2.01. The Bertz CT molecular complexity index is 588. The van der Waals surface area contributed by atoms with Gasteiger partial charge in [-0.15, -0.1) is 0 Å². The van der Waals surface area contributed by atoms with Crippen LogP contribution in [-0.4, -0.2) is 34.4 Å². The molecule has 1 aromatic rings. The van der Waals surface area contributed by atoms with Crippen LogP contribution in [0.15, 0.2) is 12.1 Å². The Balaban J connectivity index is 1.93. The zero-order chi connectivity index (χ0) is 14.3. The second-order valence-corrected chi connectivity index (χ2v) is 5.19. The van der Waals surface area contributed by atoms with Crippen LogP contribution in [0.2, 0.25) is 0 Å². The van der Waals surface area contributed by atoms with E-state index < -0.39 is 17.8 Å². The van der Waals surface area contributed by atoms with E-state index in [1.807, 2.05) is 0 Å². The Morgan fingerprint density at radius 2 is 2.10 bits per heavy atom. The fourth-order valence-electron chi connectivity index (χ4n) is 2.85. The molecule has 6 heteroatoms.